The molecule has 16 heavy (non-hydrogen) atoms. The molecule has 0 saturated heterocycles. The lowest BCUT2D eigenvalue weighted by Gasteiger charge is -2.18. The van der Waals surface area contributed by atoms with E-state index in [9.17, 15) is 9.59 Å². The first-order valence-corrected chi connectivity index (χ1v) is 6.11. The molecule has 0 aromatic carbocycles. The number of carbonyl (C=O) groups excluding carboxylic acids is 2. The van der Waals surface area contributed by atoms with Crippen molar-refractivity contribution in [1.82, 2.24) is 4.90 Å². The third-order valence-electron chi connectivity index (χ3n) is 2.52. The van der Waals surface area contributed by atoms with Crippen LogP contribution >= 0.6 is 11.3 Å². The van der Waals surface area contributed by atoms with Crippen molar-refractivity contribution < 1.29 is 14.3 Å². The Morgan fingerprint density at radius 2 is 2.44 bits per heavy atom. The molecular weight excluding hydrogens is 226 g/mol. The van der Waals surface area contributed by atoms with Gasteiger partial charge in [-0.25, -0.2) is 4.79 Å². The Balaban J connectivity index is 2.17. The molecule has 0 fully saturated rings. The minimum atomic E-state index is -0.337. The molecule has 0 atom stereocenters. The van der Waals surface area contributed by atoms with Crippen molar-refractivity contribution in [2.75, 3.05) is 13.2 Å². The number of hydrogen-bond donors (Lipinski definition) is 0. The maximum atomic E-state index is 11.7. The van der Waals surface area contributed by atoms with Crippen LogP contribution in [0.15, 0.2) is 11.4 Å². The first-order chi connectivity index (χ1) is 7.72. The molecule has 1 amide bonds. The van der Waals surface area contributed by atoms with Crippen LogP contribution in [0.1, 0.15) is 28.6 Å². The zero-order valence-electron chi connectivity index (χ0n) is 9.06. The average molecular weight is 239 g/mol. The summed E-state index contributed by atoms with van der Waals surface area (Å²) in [5, 5.41) is 1.89. The second-order valence-corrected chi connectivity index (χ2v) is 4.55. The van der Waals surface area contributed by atoms with Gasteiger partial charge in [0, 0.05) is 23.4 Å². The number of rotatable bonds is 1. The molecule has 0 aliphatic carbocycles. The van der Waals surface area contributed by atoms with Crippen LogP contribution in [-0.2, 0) is 11.3 Å². The molecule has 1 aromatic heterocycles. The number of nitrogens with zero attached hydrogens (tertiary/aromatic N) is 1. The highest BCUT2D eigenvalue weighted by Crippen LogP contribution is 2.24. The highest BCUT2D eigenvalue weighted by molar-refractivity contribution is 7.10. The van der Waals surface area contributed by atoms with E-state index in [2.05, 4.69) is 0 Å². The molecule has 0 radical (unpaired) electrons. The Bertz CT molecular complexity index is 413. The first kappa shape index (κ1) is 11.1. The molecule has 0 N–H and O–H groups in total. The largest absolute Gasteiger partial charge is 0.450 e. The molecule has 0 saturated carbocycles. The summed E-state index contributed by atoms with van der Waals surface area (Å²) in [6, 6.07) is 1.83. The molecule has 5 heteroatoms. The van der Waals surface area contributed by atoms with Crippen molar-refractivity contribution in [2.24, 2.45) is 0 Å². The van der Waals surface area contributed by atoms with Gasteiger partial charge < -0.3 is 9.64 Å². The second-order valence-electron chi connectivity index (χ2n) is 3.55. The van der Waals surface area contributed by atoms with Crippen molar-refractivity contribution in [3.63, 3.8) is 0 Å². The fourth-order valence-corrected chi connectivity index (χ4v) is 2.61. The van der Waals surface area contributed by atoms with Gasteiger partial charge >= 0.3 is 6.09 Å². The zero-order valence-corrected chi connectivity index (χ0v) is 9.88. The van der Waals surface area contributed by atoms with Gasteiger partial charge in [-0.1, -0.05) is 0 Å². The predicted octanol–water partition coefficient (Wildman–Crippen LogP) is 2.29. The number of Topliss-reactive ketones (excluding diaryl/α,β-unsaturated/α-hetero) is 1. The molecule has 1 aliphatic heterocycles. The lowest BCUT2D eigenvalue weighted by Crippen LogP contribution is -2.31. The van der Waals surface area contributed by atoms with Crippen molar-refractivity contribution in [3.05, 3.63) is 21.9 Å². The number of carbonyl (C=O) groups is 2. The van der Waals surface area contributed by atoms with E-state index in [1.165, 1.54) is 11.3 Å². The third kappa shape index (κ3) is 2.09. The van der Waals surface area contributed by atoms with Gasteiger partial charge in [0.15, 0.2) is 5.78 Å². The number of ether oxygens (including phenoxy) is 1. The van der Waals surface area contributed by atoms with Crippen LogP contribution < -0.4 is 0 Å². The number of amides is 1. The van der Waals surface area contributed by atoms with E-state index in [-0.39, 0.29) is 11.9 Å². The van der Waals surface area contributed by atoms with E-state index in [4.69, 9.17) is 4.74 Å². The Kier molecular flexibility index (Phi) is 3.24. The van der Waals surface area contributed by atoms with Gasteiger partial charge in [-0.05, 0) is 18.4 Å². The van der Waals surface area contributed by atoms with Crippen LogP contribution in [0.5, 0.6) is 0 Å². The summed E-state index contributed by atoms with van der Waals surface area (Å²) >= 11 is 1.51. The highest BCUT2D eigenvalue weighted by atomic mass is 32.1. The number of hydrogen-bond acceptors (Lipinski definition) is 4. The van der Waals surface area contributed by atoms with E-state index in [0.29, 0.717) is 26.1 Å². The normalized spacial score (nSPS) is 15.6. The van der Waals surface area contributed by atoms with Gasteiger partial charge in [0.1, 0.15) is 0 Å². The third-order valence-corrected chi connectivity index (χ3v) is 3.42. The fourth-order valence-electron chi connectivity index (χ4n) is 1.71. The van der Waals surface area contributed by atoms with Crippen LogP contribution in [0.25, 0.3) is 0 Å². The van der Waals surface area contributed by atoms with Crippen molar-refractivity contribution >= 4 is 23.2 Å². The molecule has 86 valence electrons. The zero-order chi connectivity index (χ0) is 11.5. The molecule has 2 rings (SSSR count). The minimum absolute atomic E-state index is 0.114. The summed E-state index contributed by atoms with van der Waals surface area (Å²) in [5.41, 5.74) is 0.761. The van der Waals surface area contributed by atoms with Gasteiger partial charge in [0.25, 0.3) is 0 Å². The lowest BCUT2D eigenvalue weighted by molar-refractivity contribution is 0.0939. The molecule has 2 heterocycles. The monoisotopic (exact) mass is 239 g/mol. The summed E-state index contributed by atoms with van der Waals surface area (Å²) < 4.78 is 4.94. The maximum absolute atomic E-state index is 11.7. The molecule has 1 aromatic rings. The summed E-state index contributed by atoms with van der Waals surface area (Å²) in [6.45, 7) is 3.06. The fraction of sp³-hybridized carbons (Fsp3) is 0.455. The van der Waals surface area contributed by atoms with E-state index in [1.807, 2.05) is 11.4 Å². The Morgan fingerprint density at radius 1 is 1.62 bits per heavy atom. The molecule has 4 nitrogen and oxygen atoms in total. The Morgan fingerprint density at radius 3 is 3.19 bits per heavy atom. The smallest absolute Gasteiger partial charge is 0.410 e. The minimum Gasteiger partial charge on any atom is -0.450 e. The summed E-state index contributed by atoms with van der Waals surface area (Å²) in [4.78, 5) is 25.8. The standard InChI is InChI=1S/C11H13NO3S/c1-2-15-11(14)12-5-3-9(13)8-4-6-16-10(8)7-12/h4,6H,2-3,5,7H2,1H3. The van der Waals surface area contributed by atoms with Crippen molar-refractivity contribution in [3.8, 4) is 0 Å². The van der Waals surface area contributed by atoms with Crippen LogP contribution in [0.4, 0.5) is 4.79 Å². The van der Waals surface area contributed by atoms with Crippen LogP contribution in [-0.4, -0.2) is 29.9 Å². The van der Waals surface area contributed by atoms with Crippen molar-refractivity contribution in [1.29, 1.82) is 0 Å². The SMILES string of the molecule is CCOC(=O)N1CCC(=O)c2ccsc2C1. The Labute approximate surface area is 97.8 Å². The van der Waals surface area contributed by atoms with Crippen LogP contribution in [0, 0.1) is 0 Å². The van der Waals surface area contributed by atoms with Gasteiger partial charge in [-0.3, -0.25) is 4.79 Å². The second kappa shape index (κ2) is 4.65. The maximum Gasteiger partial charge on any atom is 0.410 e. The average Bonchev–Trinajstić information content (AvgIpc) is 2.66. The lowest BCUT2D eigenvalue weighted by atomic mass is 10.1. The number of fused-ring (bicyclic) bond motifs is 1. The van der Waals surface area contributed by atoms with Crippen LogP contribution in [0.3, 0.4) is 0 Å². The molecule has 1 aliphatic rings. The van der Waals surface area contributed by atoms with E-state index in [0.717, 1.165) is 10.4 Å². The first-order valence-electron chi connectivity index (χ1n) is 5.23. The molecular formula is C11H13NO3S. The van der Waals surface area contributed by atoms with E-state index in [1.54, 1.807) is 11.8 Å². The quantitative estimate of drug-likeness (QED) is 0.755. The predicted molar refractivity (Wildman–Crippen MR) is 60.7 cm³/mol. The van der Waals surface area contributed by atoms with Crippen molar-refractivity contribution in [2.45, 2.75) is 19.9 Å². The topological polar surface area (TPSA) is 46.6 Å². The van der Waals surface area contributed by atoms with Gasteiger partial charge in [0.2, 0.25) is 0 Å². The van der Waals surface area contributed by atoms with Gasteiger partial charge in [0.05, 0.1) is 13.2 Å². The van der Waals surface area contributed by atoms with Crippen LogP contribution in [0.2, 0.25) is 0 Å². The van der Waals surface area contributed by atoms with Gasteiger partial charge in [-0.2, -0.15) is 0 Å². The number of thiophene rings is 1. The molecule has 0 spiro atoms. The summed E-state index contributed by atoms with van der Waals surface area (Å²) in [6.07, 6.45) is 0.0410. The molecule has 0 unspecified atom stereocenters. The summed E-state index contributed by atoms with van der Waals surface area (Å²) in [7, 11) is 0. The van der Waals surface area contributed by atoms with E-state index >= 15 is 0 Å². The number of ketones is 1. The molecule has 0 bridgehead atoms. The van der Waals surface area contributed by atoms with E-state index < -0.39 is 0 Å². The Hall–Kier alpha value is -1.36. The highest BCUT2D eigenvalue weighted by Gasteiger charge is 2.24. The van der Waals surface area contributed by atoms with Gasteiger partial charge in [-0.15, -0.1) is 11.3 Å². The summed E-state index contributed by atoms with van der Waals surface area (Å²) in [5.74, 6) is 0.114.